The van der Waals surface area contributed by atoms with Gasteiger partial charge in [0.25, 0.3) is 5.91 Å². The molecule has 1 fully saturated rings. The van der Waals surface area contributed by atoms with E-state index in [0.29, 0.717) is 22.7 Å². The average molecular weight is 470 g/mol. The number of carbonyl (C=O) groups excluding carboxylic acids is 1. The molecule has 0 atom stereocenters. The van der Waals surface area contributed by atoms with Gasteiger partial charge in [-0.15, -0.1) is 0 Å². The van der Waals surface area contributed by atoms with Crippen molar-refractivity contribution in [1.29, 1.82) is 0 Å². The van der Waals surface area contributed by atoms with E-state index in [-0.39, 0.29) is 5.91 Å². The molecule has 0 spiro atoms. The maximum absolute atomic E-state index is 13.1. The molecular weight excluding hydrogens is 446 g/mol. The number of methoxy groups -OCH3 is 2. The Hall–Kier alpha value is -2.80. The smallest absolute Gasteiger partial charge is 0.272 e. The van der Waals surface area contributed by atoms with Gasteiger partial charge in [-0.2, -0.15) is 0 Å². The SMILES string of the molecule is COc1cc2nc(C(=O)N3CCCCC3)cc(Nc3ccc(Br)cc3)c2cc1OC. The number of nitrogens with one attached hydrogen (secondary N) is 1. The summed E-state index contributed by atoms with van der Waals surface area (Å²) in [4.78, 5) is 19.7. The number of amides is 1. The van der Waals surface area contributed by atoms with Crippen LogP contribution < -0.4 is 14.8 Å². The lowest BCUT2D eigenvalue weighted by molar-refractivity contribution is 0.0719. The first-order valence-corrected chi connectivity index (χ1v) is 10.8. The minimum Gasteiger partial charge on any atom is -0.493 e. The molecule has 2 aromatic carbocycles. The van der Waals surface area contributed by atoms with E-state index in [0.717, 1.165) is 47.2 Å². The van der Waals surface area contributed by atoms with Crippen molar-refractivity contribution in [3.05, 3.63) is 52.6 Å². The molecule has 4 rings (SSSR count). The molecule has 1 aliphatic rings. The summed E-state index contributed by atoms with van der Waals surface area (Å²) in [5.41, 5.74) is 2.81. The van der Waals surface area contributed by atoms with Crippen molar-refractivity contribution >= 4 is 44.1 Å². The fraction of sp³-hybridized carbons (Fsp3) is 0.304. The highest BCUT2D eigenvalue weighted by Gasteiger charge is 2.22. The second-order valence-corrected chi connectivity index (χ2v) is 8.18. The zero-order chi connectivity index (χ0) is 21.1. The van der Waals surface area contributed by atoms with E-state index in [4.69, 9.17) is 9.47 Å². The summed E-state index contributed by atoms with van der Waals surface area (Å²) in [6.45, 7) is 1.56. The monoisotopic (exact) mass is 469 g/mol. The molecule has 0 bridgehead atoms. The molecule has 0 radical (unpaired) electrons. The Labute approximate surface area is 184 Å². The highest BCUT2D eigenvalue weighted by Crippen LogP contribution is 2.36. The molecule has 0 unspecified atom stereocenters. The lowest BCUT2D eigenvalue weighted by atomic mass is 10.1. The van der Waals surface area contributed by atoms with Gasteiger partial charge in [-0.1, -0.05) is 15.9 Å². The number of piperidine rings is 1. The van der Waals surface area contributed by atoms with E-state index < -0.39 is 0 Å². The van der Waals surface area contributed by atoms with Crippen LogP contribution in [0.2, 0.25) is 0 Å². The maximum Gasteiger partial charge on any atom is 0.272 e. The van der Waals surface area contributed by atoms with Crippen LogP contribution in [0, 0.1) is 0 Å². The van der Waals surface area contributed by atoms with Crippen LogP contribution in [0.15, 0.2) is 46.9 Å². The molecule has 156 valence electrons. The Morgan fingerprint density at radius 3 is 2.33 bits per heavy atom. The van der Waals surface area contributed by atoms with Gasteiger partial charge in [-0.25, -0.2) is 4.98 Å². The normalized spacial score (nSPS) is 13.9. The minimum atomic E-state index is -0.0368. The minimum absolute atomic E-state index is 0.0368. The second kappa shape index (κ2) is 8.92. The Morgan fingerprint density at radius 1 is 1.00 bits per heavy atom. The lowest BCUT2D eigenvalue weighted by Gasteiger charge is -2.26. The van der Waals surface area contributed by atoms with Crippen molar-refractivity contribution in [2.24, 2.45) is 0 Å². The number of ether oxygens (including phenoxy) is 2. The number of fused-ring (bicyclic) bond motifs is 1. The third-order valence-electron chi connectivity index (χ3n) is 5.30. The molecule has 1 amide bonds. The molecular formula is C23H24BrN3O3. The zero-order valence-electron chi connectivity index (χ0n) is 17.1. The van der Waals surface area contributed by atoms with E-state index in [1.54, 1.807) is 14.2 Å². The van der Waals surface area contributed by atoms with Gasteiger partial charge in [0.2, 0.25) is 0 Å². The van der Waals surface area contributed by atoms with Crippen LogP contribution >= 0.6 is 15.9 Å². The first kappa shape index (κ1) is 20.5. The average Bonchev–Trinajstić information content (AvgIpc) is 2.79. The van der Waals surface area contributed by atoms with Gasteiger partial charge in [-0.05, 0) is 55.7 Å². The maximum atomic E-state index is 13.1. The number of halogens is 1. The molecule has 6 nitrogen and oxygen atoms in total. The molecule has 0 aliphatic carbocycles. The number of carbonyl (C=O) groups is 1. The highest BCUT2D eigenvalue weighted by molar-refractivity contribution is 9.10. The van der Waals surface area contributed by atoms with Gasteiger partial charge in [0.05, 0.1) is 25.4 Å². The van der Waals surface area contributed by atoms with Gasteiger partial charge < -0.3 is 19.7 Å². The van der Waals surface area contributed by atoms with E-state index in [2.05, 4.69) is 26.2 Å². The van der Waals surface area contributed by atoms with Crippen molar-refractivity contribution in [3.8, 4) is 11.5 Å². The van der Waals surface area contributed by atoms with E-state index >= 15 is 0 Å². The Morgan fingerprint density at radius 2 is 1.67 bits per heavy atom. The van der Waals surface area contributed by atoms with Crippen LogP contribution in [0.4, 0.5) is 11.4 Å². The number of pyridine rings is 1. The van der Waals surface area contributed by atoms with Crippen LogP contribution in [0.25, 0.3) is 10.9 Å². The van der Waals surface area contributed by atoms with E-state index in [9.17, 15) is 4.79 Å². The predicted octanol–water partition coefficient (Wildman–Crippen LogP) is 5.38. The van der Waals surface area contributed by atoms with Gasteiger partial charge in [0.1, 0.15) is 5.69 Å². The van der Waals surface area contributed by atoms with Crippen molar-refractivity contribution in [3.63, 3.8) is 0 Å². The topological polar surface area (TPSA) is 63.7 Å². The van der Waals surface area contributed by atoms with Gasteiger partial charge >= 0.3 is 0 Å². The molecule has 1 N–H and O–H groups in total. The summed E-state index contributed by atoms with van der Waals surface area (Å²) in [7, 11) is 3.20. The predicted molar refractivity (Wildman–Crippen MR) is 122 cm³/mol. The van der Waals surface area contributed by atoms with Crippen LogP contribution in [0.3, 0.4) is 0 Å². The van der Waals surface area contributed by atoms with E-state index in [1.165, 1.54) is 6.42 Å². The Kier molecular flexibility index (Phi) is 6.08. The standard InChI is InChI=1S/C23H24BrN3O3/c1-29-21-12-17-18(25-16-8-6-15(24)7-9-16)13-20(26-19(17)14-22(21)30-2)23(28)27-10-4-3-5-11-27/h6-9,12-14H,3-5,10-11H2,1-2H3,(H,25,26). The quantitative estimate of drug-likeness (QED) is 0.542. The first-order valence-electron chi connectivity index (χ1n) is 9.97. The highest BCUT2D eigenvalue weighted by atomic mass is 79.9. The summed E-state index contributed by atoms with van der Waals surface area (Å²) in [6, 6.07) is 13.4. The Balaban J connectivity index is 1.82. The van der Waals surface area contributed by atoms with Crippen molar-refractivity contribution in [2.75, 3.05) is 32.6 Å². The molecule has 3 aromatic rings. The largest absolute Gasteiger partial charge is 0.493 e. The van der Waals surface area contributed by atoms with Crippen molar-refractivity contribution in [1.82, 2.24) is 9.88 Å². The number of rotatable bonds is 5. The van der Waals surface area contributed by atoms with Gasteiger partial charge in [0, 0.05) is 34.7 Å². The molecule has 2 heterocycles. The number of anilines is 2. The third kappa shape index (κ3) is 4.21. The molecule has 1 aliphatic heterocycles. The Bertz CT molecular complexity index is 1060. The van der Waals surface area contributed by atoms with Crippen LogP contribution in [0.1, 0.15) is 29.8 Å². The fourth-order valence-corrected chi connectivity index (χ4v) is 3.98. The number of aromatic nitrogens is 1. The molecule has 7 heteroatoms. The number of hydrogen-bond donors (Lipinski definition) is 1. The summed E-state index contributed by atoms with van der Waals surface area (Å²) >= 11 is 3.46. The van der Waals surface area contributed by atoms with E-state index in [1.807, 2.05) is 47.4 Å². The second-order valence-electron chi connectivity index (χ2n) is 7.26. The van der Waals surface area contributed by atoms with Crippen molar-refractivity contribution < 1.29 is 14.3 Å². The first-order chi connectivity index (χ1) is 14.6. The molecule has 1 aromatic heterocycles. The summed E-state index contributed by atoms with van der Waals surface area (Å²) in [5.74, 6) is 1.15. The number of nitrogens with zero attached hydrogens (tertiary/aromatic N) is 2. The number of hydrogen-bond acceptors (Lipinski definition) is 5. The molecule has 30 heavy (non-hydrogen) atoms. The van der Waals surface area contributed by atoms with Gasteiger partial charge in [-0.3, -0.25) is 4.79 Å². The number of likely N-dealkylation sites (tertiary alicyclic amines) is 1. The summed E-state index contributed by atoms with van der Waals surface area (Å²) in [5, 5.41) is 4.29. The molecule has 1 saturated heterocycles. The fourth-order valence-electron chi connectivity index (χ4n) is 3.71. The third-order valence-corrected chi connectivity index (χ3v) is 5.83. The van der Waals surface area contributed by atoms with Gasteiger partial charge in [0.15, 0.2) is 11.5 Å². The van der Waals surface area contributed by atoms with Crippen molar-refractivity contribution in [2.45, 2.75) is 19.3 Å². The zero-order valence-corrected chi connectivity index (χ0v) is 18.7. The number of benzene rings is 2. The summed E-state index contributed by atoms with van der Waals surface area (Å²) < 4.78 is 11.9. The van der Waals surface area contributed by atoms with Crippen LogP contribution in [0.5, 0.6) is 11.5 Å². The van der Waals surface area contributed by atoms with Crippen LogP contribution in [-0.4, -0.2) is 43.1 Å². The lowest BCUT2D eigenvalue weighted by Crippen LogP contribution is -2.36. The molecule has 0 saturated carbocycles. The van der Waals surface area contributed by atoms with Crippen LogP contribution in [-0.2, 0) is 0 Å². The summed E-state index contributed by atoms with van der Waals surface area (Å²) in [6.07, 6.45) is 3.24.